The highest BCUT2D eigenvalue weighted by Gasteiger charge is 2.36. The van der Waals surface area contributed by atoms with Crippen LogP contribution in [-0.2, 0) is 0 Å². The van der Waals surface area contributed by atoms with E-state index in [4.69, 9.17) is 0 Å². The Kier molecular flexibility index (Phi) is 3.79. The van der Waals surface area contributed by atoms with Crippen LogP contribution in [0.1, 0.15) is 43.1 Å². The Morgan fingerprint density at radius 3 is 2.78 bits per heavy atom. The lowest BCUT2D eigenvalue weighted by Crippen LogP contribution is -2.46. The summed E-state index contributed by atoms with van der Waals surface area (Å²) >= 11 is 3.57. The maximum Gasteiger partial charge on any atom is 0.108 e. The van der Waals surface area contributed by atoms with Crippen molar-refractivity contribution in [1.29, 1.82) is 5.26 Å². The van der Waals surface area contributed by atoms with E-state index in [1.807, 2.05) is 14.0 Å². The van der Waals surface area contributed by atoms with E-state index in [-0.39, 0.29) is 5.54 Å². The molecular formula is C13H19BrN4. The van der Waals surface area contributed by atoms with Gasteiger partial charge in [0.25, 0.3) is 0 Å². The van der Waals surface area contributed by atoms with Crippen LogP contribution in [0.3, 0.4) is 0 Å². The first-order chi connectivity index (χ1) is 8.53. The molecule has 2 unspecified atom stereocenters. The largest absolute Gasteiger partial charge is 0.302 e. The van der Waals surface area contributed by atoms with Crippen molar-refractivity contribution in [2.75, 3.05) is 7.05 Å². The normalized spacial score (nSPS) is 28.1. The van der Waals surface area contributed by atoms with Gasteiger partial charge in [-0.05, 0) is 56.1 Å². The molecule has 2 rings (SSSR count). The minimum Gasteiger partial charge on any atom is -0.302 e. The van der Waals surface area contributed by atoms with Gasteiger partial charge in [0.1, 0.15) is 5.54 Å². The first kappa shape index (κ1) is 13.6. The van der Waals surface area contributed by atoms with Crippen molar-refractivity contribution in [2.45, 2.75) is 51.1 Å². The third kappa shape index (κ3) is 2.19. The minimum absolute atomic E-state index is 0.316. The van der Waals surface area contributed by atoms with Crippen molar-refractivity contribution < 1.29 is 0 Å². The highest BCUT2D eigenvalue weighted by Crippen LogP contribution is 2.36. The highest BCUT2D eigenvalue weighted by molar-refractivity contribution is 9.10. The predicted molar refractivity (Wildman–Crippen MR) is 74.3 cm³/mol. The molecule has 0 saturated heterocycles. The lowest BCUT2D eigenvalue weighted by atomic mass is 9.80. The summed E-state index contributed by atoms with van der Waals surface area (Å²) in [6.45, 7) is 4.08. The van der Waals surface area contributed by atoms with E-state index in [0.717, 1.165) is 41.5 Å². The molecule has 1 fully saturated rings. The van der Waals surface area contributed by atoms with Crippen molar-refractivity contribution in [3.63, 3.8) is 0 Å². The molecule has 0 bridgehead atoms. The van der Waals surface area contributed by atoms with E-state index < -0.39 is 0 Å². The topological polar surface area (TPSA) is 53.6 Å². The average molecular weight is 311 g/mol. The molecule has 1 heterocycles. The lowest BCUT2D eigenvalue weighted by Gasteiger charge is -2.36. The molecule has 1 aromatic rings. The third-order valence-corrected chi connectivity index (χ3v) is 5.15. The maximum atomic E-state index is 9.38. The molecule has 0 amide bonds. The zero-order valence-electron chi connectivity index (χ0n) is 11.1. The monoisotopic (exact) mass is 310 g/mol. The summed E-state index contributed by atoms with van der Waals surface area (Å²) < 4.78 is 3.17. The lowest BCUT2D eigenvalue weighted by molar-refractivity contribution is 0.227. The number of rotatable bonds is 2. The van der Waals surface area contributed by atoms with Crippen LogP contribution in [0.5, 0.6) is 0 Å². The Hall–Kier alpha value is -0.860. The fraction of sp³-hybridized carbons (Fsp3) is 0.692. The van der Waals surface area contributed by atoms with Gasteiger partial charge in [-0.1, -0.05) is 0 Å². The smallest absolute Gasteiger partial charge is 0.108 e. The van der Waals surface area contributed by atoms with E-state index in [0.29, 0.717) is 6.04 Å². The number of nitrogens with zero attached hydrogens (tertiary/aromatic N) is 3. The minimum atomic E-state index is -0.387. The molecule has 1 aliphatic rings. The molecule has 2 atom stereocenters. The standard InChI is InChI=1S/C13H19BrN4/c1-9-12(14)10(2)18(17-9)11-5-4-6-13(7-11,8-15)16-3/h11,16H,4-7H2,1-3H3. The second-order valence-corrected chi connectivity index (χ2v) is 5.92. The van der Waals surface area contributed by atoms with E-state index in [9.17, 15) is 5.26 Å². The first-order valence-corrected chi connectivity index (χ1v) is 7.13. The van der Waals surface area contributed by atoms with Gasteiger partial charge in [0, 0.05) is 6.42 Å². The molecule has 0 spiro atoms. The predicted octanol–water partition coefficient (Wildman–Crippen LogP) is 2.86. The fourth-order valence-corrected chi connectivity index (χ4v) is 3.10. The summed E-state index contributed by atoms with van der Waals surface area (Å²) in [6, 6.07) is 2.76. The van der Waals surface area contributed by atoms with Crippen LogP contribution in [0.15, 0.2) is 4.47 Å². The van der Waals surface area contributed by atoms with E-state index >= 15 is 0 Å². The van der Waals surface area contributed by atoms with Gasteiger partial charge in [-0.15, -0.1) is 0 Å². The number of aromatic nitrogens is 2. The summed E-state index contributed by atoms with van der Waals surface area (Å²) in [5, 5.41) is 17.2. The number of halogens is 1. The quantitative estimate of drug-likeness (QED) is 0.914. The third-order valence-electron chi connectivity index (χ3n) is 4.00. The van der Waals surface area contributed by atoms with Crippen LogP contribution >= 0.6 is 15.9 Å². The second-order valence-electron chi connectivity index (χ2n) is 5.12. The average Bonchev–Trinajstić information content (AvgIpc) is 2.66. The molecule has 1 aliphatic carbocycles. The van der Waals surface area contributed by atoms with Crippen molar-refractivity contribution in [3.8, 4) is 6.07 Å². The maximum absolute atomic E-state index is 9.38. The molecule has 1 N–H and O–H groups in total. The van der Waals surface area contributed by atoms with Gasteiger partial charge in [0.05, 0.1) is 28.0 Å². The SMILES string of the molecule is CNC1(C#N)CCCC(n2nc(C)c(Br)c2C)C1. The summed E-state index contributed by atoms with van der Waals surface area (Å²) in [5.41, 5.74) is 1.79. The molecule has 0 aliphatic heterocycles. The number of nitriles is 1. The molecule has 98 valence electrons. The van der Waals surface area contributed by atoms with E-state index in [2.05, 4.69) is 44.0 Å². The van der Waals surface area contributed by atoms with Gasteiger partial charge in [0.15, 0.2) is 0 Å². The van der Waals surface area contributed by atoms with Gasteiger partial charge in [-0.3, -0.25) is 4.68 Å². The molecule has 1 aromatic heterocycles. The Bertz CT molecular complexity index is 488. The van der Waals surface area contributed by atoms with E-state index in [1.54, 1.807) is 0 Å². The summed E-state index contributed by atoms with van der Waals surface area (Å²) in [5.74, 6) is 0. The van der Waals surface area contributed by atoms with Crippen LogP contribution in [0, 0.1) is 25.2 Å². The number of aryl methyl sites for hydroxylation is 1. The summed E-state index contributed by atoms with van der Waals surface area (Å²) in [6.07, 6.45) is 3.92. The van der Waals surface area contributed by atoms with Gasteiger partial charge >= 0.3 is 0 Å². The molecule has 0 radical (unpaired) electrons. The Balaban J connectivity index is 2.29. The van der Waals surface area contributed by atoms with Crippen LogP contribution in [0.4, 0.5) is 0 Å². The van der Waals surface area contributed by atoms with E-state index in [1.165, 1.54) is 0 Å². The number of nitrogens with one attached hydrogen (secondary N) is 1. The second kappa shape index (κ2) is 5.02. The summed E-state index contributed by atoms with van der Waals surface area (Å²) in [7, 11) is 1.88. The molecule has 1 saturated carbocycles. The van der Waals surface area contributed by atoms with Crippen LogP contribution < -0.4 is 5.32 Å². The Labute approximate surface area is 116 Å². The fourth-order valence-electron chi connectivity index (χ4n) is 2.84. The zero-order valence-corrected chi connectivity index (χ0v) is 12.7. The summed E-state index contributed by atoms with van der Waals surface area (Å²) in [4.78, 5) is 0. The van der Waals surface area contributed by atoms with Gasteiger partial charge in [0.2, 0.25) is 0 Å². The van der Waals surface area contributed by atoms with Crippen molar-refractivity contribution in [3.05, 3.63) is 15.9 Å². The number of hydrogen-bond acceptors (Lipinski definition) is 3. The number of hydrogen-bond donors (Lipinski definition) is 1. The Morgan fingerprint density at radius 2 is 2.28 bits per heavy atom. The van der Waals surface area contributed by atoms with Crippen molar-refractivity contribution >= 4 is 15.9 Å². The van der Waals surface area contributed by atoms with Gasteiger partial charge in [-0.2, -0.15) is 10.4 Å². The molecular weight excluding hydrogens is 292 g/mol. The van der Waals surface area contributed by atoms with Gasteiger partial charge in [-0.25, -0.2) is 0 Å². The van der Waals surface area contributed by atoms with Crippen molar-refractivity contribution in [1.82, 2.24) is 15.1 Å². The first-order valence-electron chi connectivity index (χ1n) is 6.34. The van der Waals surface area contributed by atoms with Crippen LogP contribution in [-0.4, -0.2) is 22.4 Å². The van der Waals surface area contributed by atoms with Crippen LogP contribution in [0.2, 0.25) is 0 Å². The molecule has 0 aromatic carbocycles. The molecule has 18 heavy (non-hydrogen) atoms. The zero-order chi connectivity index (χ0) is 13.3. The molecule has 4 nitrogen and oxygen atoms in total. The van der Waals surface area contributed by atoms with Gasteiger partial charge < -0.3 is 5.32 Å². The molecule has 5 heteroatoms. The highest BCUT2D eigenvalue weighted by atomic mass is 79.9. The Morgan fingerprint density at radius 1 is 1.56 bits per heavy atom. The van der Waals surface area contributed by atoms with Crippen LogP contribution in [0.25, 0.3) is 0 Å². The van der Waals surface area contributed by atoms with Crippen molar-refractivity contribution in [2.24, 2.45) is 0 Å².